The first kappa shape index (κ1) is 23.9. The van der Waals surface area contributed by atoms with Gasteiger partial charge in [0.15, 0.2) is 11.5 Å². The van der Waals surface area contributed by atoms with Crippen LogP contribution in [0.5, 0.6) is 17.2 Å². The molecule has 3 aromatic carbocycles. The summed E-state index contributed by atoms with van der Waals surface area (Å²) in [7, 11) is 1.66. The molecule has 0 bridgehead atoms. The minimum Gasteiger partial charge on any atom is -0.496 e. The van der Waals surface area contributed by atoms with Gasteiger partial charge in [0.2, 0.25) is 6.79 Å². The molecule has 2 aliphatic heterocycles. The van der Waals surface area contributed by atoms with Crippen molar-refractivity contribution in [3.8, 4) is 17.2 Å². The van der Waals surface area contributed by atoms with Gasteiger partial charge < -0.3 is 19.1 Å². The molecule has 0 aromatic heterocycles. The molecule has 3 aromatic rings. The zero-order valence-corrected chi connectivity index (χ0v) is 21.1. The van der Waals surface area contributed by atoms with Gasteiger partial charge in [0.05, 0.1) is 7.11 Å². The quantitative estimate of drug-likeness (QED) is 0.401. The first-order valence-electron chi connectivity index (χ1n) is 11.5. The van der Waals surface area contributed by atoms with Crippen LogP contribution in [0.1, 0.15) is 21.5 Å². The van der Waals surface area contributed by atoms with Crippen LogP contribution in [-0.2, 0) is 12.3 Å². The van der Waals surface area contributed by atoms with Crippen molar-refractivity contribution in [3.05, 3.63) is 82.4 Å². The molecule has 0 aliphatic carbocycles. The Bertz CT molecular complexity index is 1200. The van der Waals surface area contributed by atoms with Gasteiger partial charge in [0.25, 0.3) is 5.91 Å². The molecule has 6 nitrogen and oxygen atoms in total. The second-order valence-electron chi connectivity index (χ2n) is 8.53. The number of fused-ring (bicyclic) bond motifs is 1. The minimum absolute atomic E-state index is 0.0631. The van der Waals surface area contributed by atoms with E-state index < -0.39 is 0 Å². The smallest absolute Gasteiger partial charge is 0.253 e. The highest BCUT2D eigenvalue weighted by Crippen LogP contribution is 2.33. The number of piperazine rings is 1. The van der Waals surface area contributed by atoms with E-state index in [1.165, 1.54) is 5.56 Å². The molecular weight excluding hydrogens is 484 g/mol. The molecule has 1 amide bonds. The van der Waals surface area contributed by atoms with Crippen molar-refractivity contribution in [3.63, 3.8) is 0 Å². The Morgan fingerprint density at radius 2 is 1.74 bits per heavy atom. The first-order chi connectivity index (χ1) is 17.1. The molecule has 35 heavy (non-hydrogen) atoms. The standard InChI is InChI=1S/C27H27ClN2O4S/c1-32-24-9-3-20(15-21(24)17-35-23-6-4-22(28)5-7-23)27(31)30-12-10-29(11-13-30)16-19-2-8-25-26(14-19)34-18-33-25/h2-9,14-15H,10-13,16-18H2,1H3. The Morgan fingerprint density at radius 1 is 0.971 bits per heavy atom. The van der Waals surface area contributed by atoms with E-state index in [1.807, 2.05) is 59.5 Å². The van der Waals surface area contributed by atoms with Crippen molar-refractivity contribution in [2.45, 2.75) is 17.2 Å². The van der Waals surface area contributed by atoms with E-state index in [0.29, 0.717) is 24.4 Å². The molecule has 5 rings (SSSR count). The summed E-state index contributed by atoms with van der Waals surface area (Å²) in [5, 5.41) is 0.718. The van der Waals surface area contributed by atoms with Gasteiger partial charge in [0.1, 0.15) is 5.75 Å². The summed E-state index contributed by atoms with van der Waals surface area (Å²) in [6.45, 7) is 4.17. The van der Waals surface area contributed by atoms with Crippen LogP contribution in [0.4, 0.5) is 0 Å². The van der Waals surface area contributed by atoms with Gasteiger partial charge in [0, 0.05) is 59.5 Å². The average molecular weight is 511 g/mol. The number of thioether (sulfide) groups is 1. The normalized spacial score (nSPS) is 15.3. The van der Waals surface area contributed by atoms with Crippen LogP contribution in [0, 0.1) is 0 Å². The molecule has 0 N–H and O–H groups in total. The molecule has 0 unspecified atom stereocenters. The van der Waals surface area contributed by atoms with Crippen molar-refractivity contribution in [2.75, 3.05) is 40.1 Å². The van der Waals surface area contributed by atoms with E-state index in [-0.39, 0.29) is 12.7 Å². The zero-order valence-electron chi connectivity index (χ0n) is 19.5. The highest BCUT2D eigenvalue weighted by atomic mass is 35.5. The maximum Gasteiger partial charge on any atom is 0.253 e. The molecule has 0 atom stereocenters. The van der Waals surface area contributed by atoms with Gasteiger partial charge in [-0.15, -0.1) is 11.8 Å². The number of nitrogens with zero attached hydrogens (tertiary/aromatic N) is 2. The summed E-state index contributed by atoms with van der Waals surface area (Å²) in [6.07, 6.45) is 0. The van der Waals surface area contributed by atoms with Crippen LogP contribution in [0.25, 0.3) is 0 Å². The van der Waals surface area contributed by atoms with Crippen LogP contribution in [-0.4, -0.2) is 55.8 Å². The van der Waals surface area contributed by atoms with E-state index in [4.69, 9.17) is 25.8 Å². The Balaban J connectivity index is 1.19. The number of halogens is 1. The highest BCUT2D eigenvalue weighted by molar-refractivity contribution is 7.98. The molecule has 1 saturated heterocycles. The van der Waals surface area contributed by atoms with Crippen LogP contribution >= 0.6 is 23.4 Å². The molecule has 2 aliphatic rings. The van der Waals surface area contributed by atoms with Crippen molar-refractivity contribution in [1.82, 2.24) is 9.80 Å². The molecule has 1 fully saturated rings. The van der Waals surface area contributed by atoms with Gasteiger partial charge in [-0.25, -0.2) is 0 Å². The fourth-order valence-electron chi connectivity index (χ4n) is 4.31. The van der Waals surface area contributed by atoms with Gasteiger partial charge in [-0.05, 0) is 60.2 Å². The summed E-state index contributed by atoms with van der Waals surface area (Å²) < 4.78 is 16.4. The van der Waals surface area contributed by atoms with Gasteiger partial charge in [-0.2, -0.15) is 0 Å². The Hall–Kier alpha value is -2.87. The molecular formula is C27H27ClN2O4S. The lowest BCUT2D eigenvalue weighted by Gasteiger charge is -2.35. The maximum atomic E-state index is 13.3. The number of hydrogen-bond acceptors (Lipinski definition) is 6. The Labute approximate surface area is 214 Å². The van der Waals surface area contributed by atoms with Crippen molar-refractivity contribution >= 4 is 29.3 Å². The second-order valence-corrected chi connectivity index (χ2v) is 10.0. The number of rotatable bonds is 7. The monoisotopic (exact) mass is 510 g/mol. The van der Waals surface area contributed by atoms with Crippen molar-refractivity contribution < 1.29 is 19.0 Å². The fourth-order valence-corrected chi connectivity index (χ4v) is 5.31. The fraction of sp³-hybridized carbons (Fsp3) is 0.296. The third-order valence-corrected chi connectivity index (χ3v) is 7.55. The number of benzene rings is 3. The molecule has 2 heterocycles. The lowest BCUT2D eigenvalue weighted by molar-refractivity contribution is 0.0628. The SMILES string of the molecule is COc1ccc(C(=O)N2CCN(Cc3ccc4c(c3)OCO4)CC2)cc1CSc1ccc(Cl)cc1. The van der Waals surface area contributed by atoms with Crippen molar-refractivity contribution in [2.24, 2.45) is 0 Å². The third-order valence-electron chi connectivity index (χ3n) is 6.24. The highest BCUT2D eigenvalue weighted by Gasteiger charge is 2.23. The van der Waals surface area contributed by atoms with Crippen LogP contribution in [0.3, 0.4) is 0 Å². The first-order valence-corrected chi connectivity index (χ1v) is 12.9. The summed E-state index contributed by atoms with van der Waals surface area (Å²) >= 11 is 7.68. The predicted octanol–water partition coefficient (Wildman–Crippen LogP) is 5.33. The van der Waals surface area contributed by atoms with Crippen LogP contribution < -0.4 is 14.2 Å². The summed E-state index contributed by atoms with van der Waals surface area (Å²) in [5.74, 6) is 3.16. The van der Waals surface area contributed by atoms with Crippen molar-refractivity contribution in [1.29, 1.82) is 0 Å². The summed E-state index contributed by atoms with van der Waals surface area (Å²) in [5.41, 5.74) is 2.88. The maximum absolute atomic E-state index is 13.3. The van der Waals surface area contributed by atoms with E-state index in [2.05, 4.69) is 11.0 Å². The number of hydrogen-bond donors (Lipinski definition) is 0. The predicted molar refractivity (Wildman–Crippen MR) is 138 cm³/mol. The van der Waals surface area contributed by atoms with Crippen LogP contribution in [0.15, 0.2) is 65.6 Å². The van der Waals surface area contributed by atoms with Gasteiger partial charge in [-0.1, -0.05) is 17.7 Å². The van der Waals surface area contributed by atoms with E-state index in [0.717, 1.165) is 52.4 Å². The Kier molecular flexibility index (Phi) is 7.37. The third kappa shape index (κ3) is 5.69. The number of methoxy groups -OCH3 is 1. The van der Waals surface area contributed by atoms with Gasteiger partial charge >= 0.3 is 0 Å². The number of carbonyl (C=O) groups is 1. The van der Waals surface area contributed by atoms with E-state index in [9.17, 15) is 4.79 Å². The van der Waals surface area contributed by atoms with Gasteiger partial charge in [-0.3, -0.25) is 9.69 Å². The molecule has 182 valence electrons. The second kappa shape index (κ2) is 10.8. The number of carbonyl (C=O) groups excluding carboxylic acids is 1. The molecule has 0 saturated carbocycles. The molecule has 0 radical (unpaired) electrons. The van der Waals surface area contributed by atoms with Crippen LogP contribution in [0.2, 0.25) is 5.02 Å². The number of ether oxygens (including phenoxy) is 3. The zero-order chi connectivity index (χ0) is 24.2. The topological polar surface area (TPSA) is 51.2 Å². The largest absolute Gasteiger partial charge is 0.496 e. The lowest BCUT2D eigenvalue weighted by atomic mass is 10.1. The molecule has 0 spiro atoms. The van der Waals surface area contributed by atoms with E-state index >= 15 is 0 Å². The summed E-state index contributed by atoms with van der Waals surface area (Å²) in [6, 6.07) is 19.5. The minimum atomic E-state index is 0.0631. The average Bonchev–Trinajstić information content (AvgIpc) is 3.36. The Morgan fingerprint density at radius 3 is 2.51 bits per heavy atom. The lowest BCUT2D eigenvalue weighted by Crippen LogP contribution is -2.48. The number of amides is 1. The summed E-state index contributed by atoms with van der Waals surface area (Å²) in [4.78, 5) is 18.7. The van der Waals surface area contributed by atoms with E-state index in [1.54, 1.807) is 18.9 Å². The molecule has 8 heteroatoms.